The van der Waals surface area contributed by atoms with Crippen molar-refractivity contribution in [2.45, 2.75) is 32.9 Å². The molecule has 0 fully saturated rings. The van der Waals surface area contributed by atoms with Crippen LogP contribution >= 0.6 is 51.2 Å². The first-order valence-electron chi connectivity index (χ1n) is 5.14. The van der Waals surface area contributed by atoms with Crippen molar-refractivity contribution < 1.29 is 0 Å². The molecule has 0 amide bonds. The van der Waals surface area contributed by atoms with Gasteiger partial charge in [-0.15, -0.1) is 35.3 Å². The minimum absolute atomic E-state index is 0. The van der Waals surface area contributed by atoms with Crippen LogP contribution in [0.15, 0.2) is 20.9 Å². The molecule has 0 spiro atoms. The van der Waals surface area contributed by atoms with Gasteiger partial charge in [-0.05, 0) is 48.8 Å². The molecule has 0 saturated heterocycles. The molecule has 3 nitrogen and oxygen atoms in total. The minimum atomic E-state index is 0. The summed E-state index contributed by atoms with van der Waals surface area (Å²) in [6.45, 7) is 7.14. The van der Waals surface area contributed by atoms with Gasteiger partial charge in [-0.3, -0.25) is 4.99 Å². The molecule has 17 heavy (non-hydrogen) atoms. The number of aliphatic imine (C=N–C) groups is 1. The predicted molar refractivity (Wildman–Crippen MR) is 90.5 cm³/mol. The lowest BCUT2D eigenvalue weighted by molar-refractivity contribution is 0.501. The van der Waals surface area contributed by atoms with E-state index in [2.05, 4.69) is 64.5 Å². The standard InChI is InChI=1S/C11H18BrN3S.HI/c1-11(2,3)15-10(13-4)14-7-8-5-6-9(12)16-8;/h5-6H,7H2,1-4H3,(H2,13,14,15);1H. The van der Waals surface area contributed by atoms with Crippen molar-refractivity contribution >= 4 is 57.2 Å². The zero-order valence-corrected chi connectivity index (χ0v) is 15.2. The average molecular weight is 432 g/mol. The van der Waals surface area contributed by atoms with Gasteiger partial charge in [0.1, 0.15) is 0 Å². The maximum atomic E-state index is 4.18. The molecule has 0 saturated carbocycles. The van der Waals surface area contributed by atoms with Crippen LogP contribution in [0.1, 0.15) is 25.6 Å². The van der Waals surface area contributed by atoms with Gasteiger partial charge in [-0.2, -0.15) is 0 Å². The molecule has 2 N–H and O–H groups in total. The van der Waals surface area contributed by atoms with Crippen LogP contribution < -0.4 is 10.6 Å². The molecule has 0 aliphatic rings. The summed E-state index contributed by atoms with van der Waals surface area (Å²) >= 11 is 5.18. The Morgan fingerprint density at radius 1 is 1.41 bits per heavy atom. The van der Waals surface area contributed by atoms with Crippen molar-refractivity contribution in [2.24, 2.45) is 4.99 Å². The Bertz CT molecular complexity index is 371. The number of nitrogens with one attached hydrogen (secondary N) is 2. The molecule has 0 atom stereocenters. The number of rotatable bonds is 2. The van der Waals surface area contributed by atoms with Crippen LogP contribution in [0.2, 0.25) is 0 Å². The van der Waals surface area contributed by atoms with Gasteiger partial charge in [-0.25, -0.2) is 0 Å². The van der Waals surface area contributed by atoms with E-state index in [0.717, 1.165) is 16.3 Å². The lowest BCUT2D eigenvalue weighted by Crippen LogP contribution is -2.47. The second-order valence-electron chi connectivity index (χ2n) is 4.51. The minimum Gasteiger partial charge on any atom is -0.352 e. The first-order valence-corrected chi connectivity index (χ1v) is 6.75. The Morgan fingerprint density at radius 3 is 2.47 bits per heavy atom. The molecule has 1 aromatic rings. The van der Waals surface area contributed by atoms with Crippen LogP contribution in [-0.2, 0) is 6.54 Å². The van der Waals surface area contributed by atoms with E-state index in [9.17, 15) is 0 Å². The summed E-state index contributed by atoms with van der Waals surface area (Å²) in [6, 6.07) is 4.16. The molecular weight excluding hydrogens is 413 g/mol. The Morgan fingerprint density at radius 2 is 2.06 bits per heavy atom. The van der Waals surface area contributed by atoms with Gasteiger partial charge in [0.2, 0.25) is 0 Å². The molecule has 0 radical (unpaired) electrons. The van der Waals surface area contributed by atoms with Gasteiger partial charge in [-0.1, -0.05) is 0 Å². The van der Waals surface area contributed by atoms with Crippen LogP contribution in [0.3, 0.4) is 0 Å². The highest BCUT2D eigenvalue weighted by Crippen LogP contribution is 2.21. The van der Waals surface area contributed by atoms with E-state index in [1.807, 2.05) is 0 Å². The maximum absolute atomic E-state index is 4.18. The number of guanidine groups is 1. The topological polar surface area (TPSA) is 36.4 Å². The third-order valence-corrected chi connectivity index (χ3v) is 3.40. The van der Waals surface area contributed by atoms with Crippen molar-refractivity contribution in [1.82, 2.24) is 10.6 Å². The molecular formula is C11H19BrIN3S. The summed E-state index contributed by atoms with van der Waals surface area (Å²) < 4.78 is 1.16. The number of hydrogen-bond acceptors (Lipinski definition) is 2. The first-order chi connectivity index (χ1) is 7.40. The quantitative estimate of drug-likeness (QED) is 0.426. The Balaban J connectivity index is 0.00000256. The smallest absolute Gasteiger partial charge is 0.191 e. The molecule has 0 aliphatic heterocycles. The van der Waals surface area contributed by atoms with E-state index < -0.39 is 0 Å². The van der Waals surface area contributed by atoms with E-state index in [1.54, 1.807) is 18.4 Å². The van der Waals surface area contributed by atoms with Gasteiger partial charge in [0.05, 0.1) is 10.3 Å². The van der Waals surface area contributed by atoms with Crippen LogP contribution in [0.5, 0.6) is 0 Å². The normalized spacial score (nSPS) is 11.9. The SMILES string of the molecule is CN=C(NCc1ccc(Br)s1)NC(C)(C)C.I. The molecule has 6 heteroatoms. The summed E-state index contributed by atoms with van der Waals surface area (Å²) in [4.78, 5) is 5.46. The summed E-state index contributed by atoms with van der Waals surface area (Å²) in [7, 11) is 1.78. The van der Waals surface area contributed by atoms with Crippen molar-refractivity contribution in [1.29, 1.82) is 0 Å². The molecule has 1 aromatic heterocycles. The van der Waals surface area contributed by atoms with Gasteiger partial charge in [0.15, 0.2) is 5.96 Å². The van der Waals surface area contributed by atoms with E-state index in [-0.39, 0.29) is 29.5 Å². The van der Waals surface area contributed by atoms with E-state index >= 15 is 0 Å². The van der Waals surface area contributed by atoms with Gasteiger partial charge in [0, 0.05) is 17.5 Å². The first kappa shape index (κ1) is 17.2. The molecule has 0 bridgehead atoms. The number of halogens is 2. The third-order valence-electron chi connectivity index (χ3n) is 1.78. The van der Waals surface area contributed by atoms with Crippen molar-refractivity contribution in [3.63, 3.8) is 0 Å². The lowest BCUT2D eigenvalue weighted by Gasteiger charge is -2.23. The van der Waals surface area contributed by atoms with Crippen molar-refractivity contribution in [3.05, 3.63) is 20.8 Å². The van der Waals surface area contributed by atoms with Gasteiger partial charge in [0.25, 0.3) is 0 Å². The number of hydrogen-bond donors (Lipinski definition) is 2. The fourth-order valence-corrected chi connectivity index (χ4v) is 2.57. The lowest BCUT2D eigenvalue weighted by atomic mass is 10.1. The van der Waals surface area contributed by atoms with Crippen LogP contribution in [0.4, 0.5) is 0 Å². The molecule has 1 rings (SSSR count). The largest absolute Gasteiger partial charge is 0.352 e. The summed E-state index contributed by atoms with van der Waals surface area (Å²) in [5.74, 6) is 0.831. The second-order valence-corrected chi connectivity index (χ2v) is 7.05. The summed E-state index contributed by atoms with van der Waals surface area (Å²) in [6.07, 6.45) is 0. The fraction of sp³-hybridized carbons (Fsp3) is 0.545. The van der Waals surface area contributed by atoms with Crippen LogP contribution in [0, 0.1) is 0 Å². The molecule has 0 unspecified atom stereocenters. The molecule has 0 aliphatic carbocycles. The van der Waals surface area contributed by atoms with E-state index in [1.165, 1.54) is 4.88 Å². The fourth-order valence-electron chi connectivity index (χ4n) is 1.15. The summed E-state index contributed by atoms with van der Waals surface area (Å²) in [5, 5.41) is 6.60. The highest BCUT2D eigenvalue weighted by Gasteiger charge is 2.11. The third kappa shape index (κ3) is 7.25. The Kier molecular flexibility index (Phi) is 7.66. The van der Waals surface area contributed by atoms with E-state index in [4.69, 9.17) is 0 Å². The Labute approximate surface area is 133 Å². The zero-order valence-electron chi connectivity index (χ0n) is 10.5. The number of thiophene rings is 1. The van der Waals surface area contributed by atoms with Crippen LogP contribution in [-0.4, -0.2) is 18.5 Å². The van der Waals surface area contributed by atoms with Gasteiger partial charge < -0.3 is 10.6 Å². The Hall–Kier alpha value is 0.180. The highest BCUT2D eigenvalue weighted by molar-refractivity contribution is 14.0. The maximum Gasteiger partial charge on any atom is 0.191 e. The average Bonchev–Trinajstić information content (AvgIpc) is 2.57. The zero-order chi connectivity index (χ0) is 12.2. The second kappa shape index (κ2) is 7.58. The monoisotopic (exact) mass is 431 g/mol. The van der Waals surface area contributed by atoms with Crippen molar-refractivity contribution in [3.8, 4) is 0 Å². The molecule has 1 heterocycles. The molecule has 98 valence electrons. The highest BCUT2D eigenvalue weighted by atomic mass is 127. The van der Waals surface area contributed by atoms with Crippen molar-refractivity contribution in [2.75, 3.05) is 7.05 Å². The summed E-state index contributed by atoms with van der Waals surface area (Å²) in [5.41, 5.74) is 0.0257. The molecule has 0 aromatic carbocycles. The van der Waals surface area contributed by atoms with Gasteiger partial charge >= 0.3 is 0 Å². The predicted octanol–water partition coefficient (Wildman–Crippen LogP) is 3.59. The van der Waals surface area contributed by atoms with Crippen LogP contribution in [0.25, 0.3) is 0 Å². The number of nitrogens with zero attached hydrogens (tertiary/aromatic N) is 1. The van der Waals surface area contributed by atoms with E-state index in [0.29, 0.717) is 0 Å².